The van der Waals surface area contributed by atoms with Gasteiger partial charge in [-0.3, -0.25) is 4.79 Å². The van der Waals surface area contributed by atoms with Crippen LogP contribution in [0.4, 0.5) is 11.6 Å². The lowest BCUT2D eigenvalue weighted by molar-refractivity contribution is 0.533. The summed E-state index contributed by atoms with van der Waals surface area (Å²) in [5, 5.41) is 15.6. The third-order valence-electron chi connectivity index (χ3n) is 4.67. The van der Waals surface area contributed by atoms with Crippen LogP contribution in [0.3, 0.4) is 0 Å². The van der Waals surface area contributed by atoms with Gasteiger partial charge in [-0.15, -0.1) is 0 Å². The number of anilines is 2. The van der Waals surface area contributed by atoms with Gasteiger partial charge in [0.15, 0.2) is 0 Å². The van der Waals surface area contributed by atoms with Crippen LogP contribution in [-0.2, 0) is 0 Å². The zero-order valence-corrected chi connectivity index (χ0v) is 12.5. The number of hydrogen-bond acceptors (Lipinski definition) is 6. The molecule has 0 bridgehead atoms. The molecular formula is C16H16N6O. The first-order chi connectivity index (χ1) is 11.2. The number of aromatic amines is 1. The van der Waals surface area contributed by atoms with Crippen LogP contribution in [0.15, 0.2) is 35.3 Å². The molecular weight excluding hydrogens is 292 g/mol. The van der Waals surface area contributed by atoms with Crippen molar-refractivity contribution in [1.82, 2.24) is 15.2 Å². The van der Waals surface area contributed by atoms with Crippen molar-refractivity contribution in [1.29, 1.82) is 5.26 Å². The summed E-state index contributed by atoms with van der Waals surface area (Å²) in [5.74, 6) is 2.81. The van der Waals surface area contributed by atoms with Crippen molar-refractivity contribution in [3.05, 3.63) is 46.4 Å². The molecule has 2 aliphatic rings. The van der Waals surface area contributed by atoms with E-state index in [-0.39, 0.29) is 5.56 Å². The molecule has 4 heterocycles. The van der Waals surface area contributed by atoms with E-state index in [9.17, 15) is 4.79 Å². The van der Waals surface area contributed by atoms with Crippen LogP contribution < -0.4 is 15.4 Å². The molecule has 2 aromatic rings. The van der Waals surface area contributed by atoms with Crippen molar-refractivity contribution < 1.29 is 0 Å². The topological polar surface area (TPSA) is 88.9 Å². The molecule has 0 radical (unpaired) electrons. The second kappa shape index (κ2) is 5.39. The number of pyridine rings is 1. The van der Waals surface area contributed by atoms with E-state index in [0.717, 1.165) is 37.8 Å². The minimum atomic E-state index is -0.178. The second-order valence-corrected chi connectivity index (χ2v) is 6.12. The summed E-state index contributed by atoms with van der Waals surface area (Å²) in [6, 6.07) is 9.03. The van der Waals surface area contributed by atoms with Crippen LogP contribution in [0.25, 0.3) is 0 Å². The second-order valence-electron chi connectivity index (χ2n) is 6.12. The van der Waals surface area contributed by atoms with E-state index >= 15 is 0 Å². The van der Waals surface area contributed by atoms with Gasteiger partial charge in [-0.25, -0.2) is 10.1 Å². The Morgan fingerprint density at radius 1 is 1.09 bits per heavy atom. The van der Waals surface area contributed by atoms with Crippen molar-refractivity contribution in [3.63, 3.8) is 0 Å². The molecule has 0 saturated carbocycles. The Labute approximate surface area is 133 Å². The minimum absolute atomic E-state index is 0.178. The number of nitrogens with zero attached hydrogens (tertiary/aromatic N) is 5. The smallest absolute Gasteiger partial charge is 0.264 e. The quantitative estimate of drug-likeness (QED) is 0.874. The van der Waals surface area contributed by atoms with Gasteiger partial charge < -0.3 is 9.80 Å². The summed E-state index contributed by atoms with van der Waals surface area (Å²) in [5.41, 5.74) is 0.467. The Morgan fingerprint density at radius 2 is 1.78 bits per heavy atom. The van der Waals surface area contributed by atoms with Crippen LogP contribution in [-0.4, -0.2) is 41.4 Å². The Hall–Kier alpha value is -2.88. The monoisotopic (exact) mass is 308 g/mol. The molecule has 2 saturated heterocycles. The molecule has 2 atom stereocenters. The maximum atomic E-state index is 11.1. The molecule has 0 amide bonds. The molecule has 23 heavy (non-hydrogen) atoms. The Morgan fingerprint density at radius 3 is 2.39 bits per heavy atom. The van der Waals surface area contributed by atoms with Crippen LogP contribution in [0.2, 0.25) is 0 Å². The van der Waals surface area contributed by atoms with Gasteiger partial charge in [-0.05, 0) is 18.2 Å². The number of nitriles is 1. The maximum Gasteiger partial charge on any atom is 0.264 e. The normalized spacial score (nSPS) is 22.9. The lowest BCUT2D eigenvalue weighted by atomic mass is 10.0. The van der Waals surface area contributed by atoms with Crippen LogP contribution in [0.5, 0.6) is 0 Å². The standard InChI is InChI=1S/C16H16N6O/c17-6-11-3-4-18-15(5-11)22-9-12-7-21(8-13(12)10-22)14-1-2-16(23)20-19-14/h1-5,12-13H,7-10H2,(H,20,23). The van der Waals surface area contributed by atoms with Gasteiger partial charge in [-0.1, -0.05) is 0 Å². The molecule has 2 aliphatic heterocycles. The first kappa shape index (κ1) is 13.8. The summed E-state index contributed by atoms with van der Waals surface area (Å²) >= 11 is 0. The van der Waals surface area contributed by atoms with Crippen molar-refractivity contribution >= 4 is 11.6 Å². The molecule has 116 valence electrons. The molecule has 2 unspecified atom stereocenters. The SMILES string of the molecule is N#Cc1ccnc(N2CC3CN(c4ccc(=O)[nH]n4)CC3C2)c1. The first-order valence-electron chi connectivity index (χ1n) is 7.65. The van der Waals surface area contributed by atoms with E-state index in [1.54, 1.807) is 18.3 Å². The van der Waals surface area contributed by atoms with E-state index in [1.807, 2.05) is 6.07 Å². The molecule has 2 fully saturated rings. The highest BCUT2D eigenvalue weighted by atomic mass is 16.1. The average Bonchev–Trinajstić information content (AvgIpc) is 3.14. The van der Waals surface area contributed by atoms with Crippen molar-refractivity contribution in [2.45, 2.75) is 0 Å². The molecule has 1 N–H and O–H groups in total. The minimum Gasteiger partial charge on any atom is -0.356 e. The zero-order chi connectivity index (χ0) is 15.8. The van der Waals surface area contributed by atoms with Gasteiger partial charge in [0.25, 0.3) is 5.56 Å². The van der Waals surface area contributed by atoms with Gasteiger partial charge in [0.1, 0.15) is 11.6 Å². The van der Waals surface area contributed by atoms with Gasteiger partial charge in [0.05, 0.1) is 11.6 Å². The van der Waals surface area contributed by atoms with Gasteiger partial charge in [0, 0.05) is 50.3 Å². The third-order valence-corrected chi connectivity index (χ3v) is 4.67. The van der Waals surface area contributed by atoms with E-state index in [0.29, 0.717) is 17.4 Å². The Bertz CT molecular complexity index is 791. The largest absolute Gasteiger partial charge is 0.356 e. The number of fused-ring (bicyclic) bond motifs is 1. The highest BCUT2D eigenvalue weighted by molar-refractivity contribution is 5.47. The van der Waals surface area contributed by atoms with E-state index in [4.69, 9.17) is 5.26 Å². The fraction of sp³-hybridized carbons (Fsp3) is 0.375. The number of rotatable bonds is 2. The maximum absolute atomic E-state index is 11.1. The summed E-state index contributed by atoms with van der Waals surface area (Å²) in [6.07, 6.45) is 1.69. The highest BCUT2D eigenvalue weighted by Gasteiger charge is 2.40. The number of hydrogen-bond donors (Lipinski definition) is 1. The molecule has 7 heteroatoms. The van der Waals surface area contributed by atoms with Crippen LogP contribution in [0.1, 0.15) is 5.56 Å². The summed E-state index contributed by atoms with van der Waals surface area (Å²) in [7, 11) is 0. The summed E-state index contributed by atoms with van der Waals surface area (Å²) < 4.78 is 0. The van der Waals surface area contributed by atoms with Crippen molar-refractivity contribution in [3.8, 4) is 6.07 Å². The molecule has 7 nitrogen and oxygen atoms in total. The average molecular weight is 308 g/mol. The summed E-state index contributed by atoms with van der Waals surface area (Å²) in [4.78, 5) is 20.0. The fourth-order valence-corrected chi connectivity index (χ4v) is 3.54. The predicted molar refractivity (Wildman–Crippen MR) is 85.2 cm³/mol. The Balaban J connectivity index is 1.46. The first-order valence-corrected chi connectivity index (χ1v) is 7.65. The molecule has 0 spiro atoms. The third kappa shape index (κ3) is 2.52. The molecule has 2 aromatic heterocycles. The van der Waals surface area contributed by atoms with Crippen LogP contribution in [0, 0.1) is 23.2 Å². The lowest BCUT2D eigenvalue weighted by Crippen LogP contribution is -2.30. The van der Waals surface area contributed by atoms with Gasteiger partial charge in [-0.2, -0.15) is 10.4 Å². The number of nitrogens with one attached hydrogen (secondary N) is 1. The molecule has 0 aliphatic carbocycles. The molecule has 0 aromatic carbocycles. The van der Waals surface area contributed by atoms with Gasteiger partial charge >= 0.3 is 0 Å². The van der Waals surface area contributed by atoms with Crippen molar-refractivity contribution in [2.24, 2.45) is 11.8 Å². The zero-order valence-electron chi connectivity index (χ0n) is 12.5. The highest BCUT2D eigenvalue weighted by Crippen LogP contribution is 2.34. The van der Waals surface area contributed by atoms with Crippen LogP contribution >= 0.6 is 0 Å². The van der Waals surface area contributed by atoms with E-state index in [1.165, 1.54) is 6.07 Å². The molecule has 4 rings (SSSR count). The lowest BCUT2D eigenvalue weighted by Gasteiger charge is -2.22. The summed E-state index contributed by atoms with van der Waals surface area (Å²) in [6.45, 7) is 3.73. The van der Waals surface area contributed by atoms with E-state index in [2.05, 4.69) is 31.1 Å². The van der Waals surface area contributed by atoms with Crippen molar-refractivity contribution in [2.75, 3.05) is 36.0 Å². The number of aromatic nitrogens is 3. The Kier molecular flexibility index (Phi) is 3.23. The van der Waals surface area contributed by atoms with E-state index < -0.39 is 0 Å². The van der Waals surface area contributed by atoms with Gasteiger partial charge in [0.2, 0.25) is 0 Å². The fourth-order valence-electron chi connectivity index (χ4n) is 3.54. The predicted octanol–water partition coefficient (Wildman–Crippen LogP) is 0.609. The number of H-pyrrole nitrogens is 1.